The Morgan fingerprint density at radius 1 is 1.57 bits per heavy atom. The van der Waals surface area contributed by atoms with E-state index in [-0.39, 0.29) is 12.0 Å². The number of methoxy groups -OCH3 is 1. The van der Waals surface area contributed by atoms with Crippen LogP contribution in [-0.4, -0.2) is 18.3 Å². The minimum Gasteiger partial charge on any atom is -0.496 e. The van der Waals surface area contributed by atoms with Crippen molar-refractivity contribution in [3.63, 3.8) is 0 Å². The third kappa shape index (κ3) is 1.54. The zero-order chi connectivity index (χ0) is 10.7. The van der Waals surface area contributed by atoms with Gasteiger partial charge in [0.25, 0.3) is 0 Å². The van der Waals surface area contributed by atoms with Gasteiger partial charge in [0.15, 0.2) is 6.29 Å². The van der Waals surface area contributed by atoms with Gasteiger partial charge in [-0.2, -0.15) is 4.39 Å². The number of benzene rings is 1. The Bertz CT molecular complexity index is 391. The smallest absolute Gasteiger partial charge is 0.318 e. The highest BCUT2D eigenvalue weighted by Gasteiger charge is 2.23. The molecular weight excluding hydrogens is 193 g/mol. The maximum absolute atomic E-state index is 12.9. The molecule has 0 aliphatic carbocycles. The number of rotatable bonds is 3. The van der Waals surface area contributed by atoms with Crippen LogP contribution in [-0.2, 0) is 0 Å². The molecule has 0 aliphatic rings. The Kier molecular flexibility index (Phi) is 2.76. The maximum Gasteiger partial charge on any atom is 0.318 e. The molecular formula is C8H6FNO4. The van der Waals surface area contributed by atoms with Crippen molar-refractivity contribution in [3.05, 3.63) is 33.6 Å². The lowest BCUT2D eigenvalue weighted by Crippen LogP contribution is -2.00. The summed E-state index contributed by atoms with van der Waals surface area (Å²) in [7, 11) is 1.24. The van der Waals surface area contributed by atoms with Crippen LogP contribution in [0.15, 0.2) is 12.1 Å². The number of hydrogen-bond donors (Lipinski definition) is 0. The van der Waals surface area contributed by atoms with Crippen LogP contribution in [0.3, 0.4) is 0 Å². The summed E-state index contributed by atoms with van der Waals surface area (Å²) < 4.78 is 17.6. The Morgan fingerprint density at radius 3 is 2.64 bits per heavy atom. The number of carbonyl (C=O) groups is 1. The topological polar surface area (TPSA) is 69.4 Å². The van der Waals surface area contributed by atoms with Crippen LogP contribution in [0.1, 0.15) is 10.4 Å². The van der Waals surface area contributed by atoms with Gasteiger partial charge < -0.3 is 4.74 Å². The highest BCUT2D eigenvalue weighted by Crippen LogP contribution is 2.29. The number of nitro benzene ring substituents is 1. The molecule has 74 valence electrons. The second kappa shape index (κ2) is 3.82. The molecule has 0 amide bonds. The second-order valence-electron chi connectivity index (χ2n) is 2.39. The molecule has 0 N–H and O–H groups in total. The van der Waals surface area contributed by atoms with E-state index in [9.17, 15) is 19.3 Å². The van der Waals surface area contributed by atoms with Gasteiger partial charge in [0, 0.05) is 0 Å². The lowest BCUT2D eigenvalue weighted by Gasteiger charge is -2.03. The van der Waals surface area contributed by atoms with Crippen LogP contribution in [0.4, 0.5) is 10.1 Å². The van der Waals surface area contributed by atoms with Crippen LogP contribution in [0.25, 0.3) is 0 Å². The Hall–Kier alpha value is -1.98. The molecule has 0 bridgehead atoms. The van der Waals surface area contributed by atoms with Gasteiger partial charge in [0.2, 0.25) is 5.82 Å². The summed E-state index contributed by atoms with van der Waals surface area (Å²) in [6, 6.07) is 2.04. The van der Waals surface area contributed by atoms with E-state index in [2.05, 4.69) is 4.74 Å². The average Bonchev–Trinajstić information content (AvgIpc) is 2.16. The summed E-state index contributed by atoms with van der Waals surface area (Å²) in [5, 5.41) is 10.4. The van der Waals surface area contributed by atoms with Gasteiger partial charge in [-0.15, -0.1) is 0 Å². The van der Waals surface area contributed by atoms with Gasteiger partial charge >= 0.3 is 5.69 Å². The Labute approximate surface area is 78.3 Å². The third-order valence-corrected chi connectivity index (χ3v) is 1.65. The molecule has 1 aromatic rings. The summed E-state index contributed by atoms with van der Waals surface area (Å²) in [6.07, 6.45) is 0.194. The molecule has 0 atom stereocenters. The first-order chi connectivity index (χ1) is 6.61. The van der Waals surface area contributed by atoms with E-state index in [1.54, 1.807) is 0 Å². The summed E-state index contributed by atoms with van der Waals surface area (Å²) >= 11 is 0. The largest absolute Gasteiger partial charge is 0.496 e. The van der Waals surface area contributed by atoms with E-state index in [1.807, 2.05) is 0 Å². The number of nitrogens with zero attached hydrogens (tertiary/aromatic N) is 1. The predicted octanol–water partition coefficient (Wildman–Crippen LogP) is 1.55. The minimum atomic E-state index is -1.06. The predicted molar refractivity (Wildman–Crippen MR) is 45.0 cm³/mol. The van der Waals surface area contributed by atoms with Gasteiger partial charge in [-0.1, -0.05) is 0 Å². The van der Waals surface area contributed by atoms with E-state index >= 15 is 0 Å². The second-order valence-corrected chi connectivity index (χ2v) is 2.39. The molecule has 0 saturated heterocycles. The van der Waals surface area contributed by atoms with Crippen molar-refractivity contribution in [2.45, 2.75) is 0 Å². The highest BCUT2D eigenvalue weighted by molar-refractivity contribution is 5.85. The Morgan fingerprint density at radius 2 is 2.21 bits per heavy atom. The van der Waals surface area contributed by atoms with E-state index in [1.165, 1.54) is 7.11 Å². The number of carbonyl (C=O) groups excluding carboxylic acids is 1. The normalized spacial score (nSPS) is 9.57. The molecule has 0 fully saturated rings. The molecule has 0 unspecified atom stereocenters. The standard InChI is InChI=1S/C8H6FNO4/c1-14-7-3-2-6(9)8(10(12)13)5(7)4-11/h2-4H,1H3. The SMILES string of the molecule is COc1ccc(F)c([N+](=O)[O-])c1C=O. The van der Waals surface area contributed by atoms with Gasteiger partial charge in [-0.3, -0.25) is 14.9 Å². The lowest BCUT2D eigenvalue weighted by molar-refractivity contribution is -0.387. The van der Waals surface area contributed by atoms with Crippen LogP contribution in [0.2, 0.25) is 0 Å². The lowest BCUT2D eigenvalue weighted by atomic mass is 10.1. The monoisotopic (exact) mass is 199 g/mol. The average molecular weight is 199 g/mol. The van der Waals surface area contributed by atoms with E-state index in [4.69, 9.17) is 0 Å². The fourth-order valence-electron chi connectivity index (χ4n) is 1.04. The molecule has 6 heteroatoms. The van der Waals surface area contributed by atoms with Crippen LogP contribution in [0.5, 0.6) is 5.75 Å². The van der Waals surface area contributed by atoms with Crippen molar-refractivity contribution in [2.75, 3.05) is 7.11 Å². The summed E-state index contributed by atoms with van der Waals surface area (Å²) in [6.45, 7) is 0. The van der Waals surface area contributed by atoms with Crippen molar-refractivity contribution in [3.8, 4) is 5.75 Å². The molecule has 0 heterocycles. The number of hydrogen-bond acceptors (Lipinski definition) is 4. The van der Waals surface area contributed by atoms with E-state index in [0.29, 0.717) is 0 Å². The molecule has 5 nitrogen and oxygen atoms in total. The van der Waals surface area contributed by atoms with Gasteiger partial charge in [-0.05, 0) is 12.1 Å². The van der Waals surface area contributed by atoms with Crippen LogP contribution < -0.4 is 4.74 Å². The molecule has 1 rings (SSSR count). The molecule has 0 aromatic heterocycles. The number of halogens is 1. The zero-order valence-electron chi connectivity index (χ0n) is 7.19. The van der Waals surface area contributed by atoms with Crippen LogP contribution >= 0.6 is 0 Å². The molecule has 0 spiro atoms. The fourth-order valence-corrected chi connectivity index (χ4v) is 1.04. The maximum atomic E-state index is 12.9. The van der Waals surface area contributed by atoms with E-state index < -0.39 is 22.0 Å². The van der Waals surface area contributed by atoms with Gasteiger partial charge in [0.1, 0.15) is 11.3 Å². The van der Waals surface area contributed by atoms with Crippen molar-refractivity contribution < 1.29 is 18.8 Å². The summed E-state index contributed by atoms with van der Waals surface area (Å²) in [5.74, 6) is -1.08. The van der Waals surface area contributed by atoms with Gasteiger partial charge in [0.05, 0.1) is 12.0 Å². The first kappa shape index (κ1) is 10.1. The molecule has 0 aliphatic heterocycles. The number of nitro groups is 1. The quantitative estimate of drug-likeness (QED) is 0.420. The summed E-state index contributed by atoms with van der Waals surface area (Å²) in [4.78, 5) is 20.0. The van der Waals surface area contributed by atoms with Crippen molar-refractivity contribution in [1.29, 1.82) is 0 Å². The number of aldehydes is 1. The van der Waals surface area contributed by atoms with E-state index in [0.717, 1.165) is 12.1 Å². The fraction of sp³-hybridized carbons (Fsp3) is 0.125. The summed E-state index contributed by atoms with van der Waals surface area (Å²) in [5.41, 5.74) is -1.25. The van der Waals surface area contributed by atoms with Crippen molar-refractivity contribution in [2.24, 2.45) is 0 Å². The molecule has 0 saturated carbocycles. The van der Waals surface area contributed by atoms with Crippen molar-refractivity contribution >= 4 is 12.0 Å². The van der Waals surface area contributed by atoms with Gasteiger partial charge in [-0.25, -0.2) is 0 Å². The third-order valence-electron chi connectivity index (χ3n) is 1.65. The minimum absolute atomic E-state index is 0.0203. The van der Waals surface area contributed by atoms with Crippen molar-refractivity contribution in [1.82, 2.24) is 0 Å². The first-order valence-corrected chi connectivity index (χ1v) is 3.58. The number of ether oxygens (including phenoxy) is 1. The first-order valence-electron chi connectivity index (χ1n) is 3.58. The Balaban J connectivity index is 3.50. The highest BCUT2D eigenvalue weighted by atomic mass is 19.1. The molecule has 1 aromatic carbocycles. The van der Waals surface area contributed by atoms with Crippen LogP contribution in [0, 0.1) is 15.9 Å². The molecule has 14 heavy (non-hydrogen) atoms. The zero-order valence-corrected chi connectivity index (χ0v) is 7.19. The molecule has 0 radical (unpaired) electrons.